The first-order chi connectivity index (χ1) is 10.8. The van der Waals surface area contributed by atoms with Gasteiger partial charge in [-0.05, 0) is 31.0 Å². The van der Waals surface area contributed by atoms with Crippen molar-refractivity contribution in [1.29, 1.82) is 0 Å². The molecule has 0 aliphatic carbocycles. The highest BCUT2D eigenvalue weighted by Gasteiger charge is 2.27. The first kappa shape index (κ1) is 17.3. The zero-order valence-electron chi connectivity index (χ0n) is 12.2. The molecule has 23 heavy (non-hydrogen) atoms. The van der Waals surface area contributed by atoms with Crippen LogP contribution in [0.2, 0.25) is 0 Å². The highest BCUT2D eigenvalue weighted by atomic mass is 32.2. The summed E-state index contributed by atoms with van der Waals surface area (Å²) in [4.78, 5) is 22.9. The standard InChI is InChI=1S/C15H15NO5S2/c1-10(17)13-7-8-14(22-13)23(20,21)16-12(15(18)19)9-11-5-3-2-4-6-11/h2-8,12,16H,9H2,1H3,(H,18,19). The predicted molar refractivity (Wildman–Crippen MR) is 86.2 cm³/mol. The second kappa shape index (κ2) is 7.03. The monoisotopic (exact) mass is 353 g/mol. The van der Waals surface area contributed by atoms with Gasteiger partial charge in [0.15, 0.2) is 5.78 Å². The highest BCUT2D eigenvalue weighted by Crippen LogP contribution is 2.22. The van der Waals surface area contributed by atoms with Gasteiger partial charge in [-0.3, -0.25) is 9.59 Å². The van der Waals surface area contributed by atoms with Gasteiger partial charge in [-0.1, -0.05) is 30.3 Å². The molecule has 8 heteroatoms. The van der Waals surface area contributed by atoms with Gasteiger partial charge in [0.1, 0.15) is 10.3 Å². The van der Waals surface area contributed by atoms with Gasteiger partial charge < -0.3 is 5.11 Å². The summed E-state index contributed by atoms with van der Waals surface area (Å²) in [5, 5.41) is 9.26. The van der Waals surface area contributed by atoms with Crippen LogP contribution in [0.5, 0.6) is 0 Å². The Bertz CT molecular complexity index is 811. The molecule has 122 valence electrons. The fourth-order valence-corrected chi connectivity index (χ4v) is 4.34. The number of carbonyl (C=O) groups excluding carboxylic acids is 1. The third kappa shape index (κ3) is 4.47. The summed E-state index contributed by atoms with van der Waals surface area (Å²) in [5.41, 5.74) is 0.707. The highest BCUT2D eigenvalue weighted by molar-refractivity contribution is 7.91. The summed E-state index contributed by atoms with van der Waals surface area (Å²) in [6.45, 7) is 1.34. The Labute approximate surface area is 137 Å². The molecule has 0 saturated carbocycles. The maximum absolute atomic E-state index is 12.3. The van der Waals surface area contributed by atoms with Gasteiger partial charge in [-0.25, -0.2) is 8.42 Å². The number of sulfonamides is 1. The predicted octanol–water partition coefficient (Wildman–Crippen LogP) is 1.92. The molecular weight excluding hydrogens is 338 g/mol. The lowest BCUT2D eigenvalue weighted by Gasteiger charge is -2.14. The van der Waals surface area contributed by atoms with E-state index in [0.29, 0.717) is 10.4 Å². The number of hydrogen-bond donors (Lipinski definition) is 2. The summed E-state index contributed by atoms with van der Waals surface area (Å²) in [6, 6.07) is 10.2. The minimum Gasteiger partial charge on any atom is -0.480 e. The molecule has 0 saturated heterocycles. The second-order valence-electron chi connectivity index (χ2n) is 4.88. The van der Waals surface area contributed by atoms with Crippen LogP contribution in [0, 0.1) is 0 Å². The van der Waals surface area contributed by atoms with Crippen molar-refractivity contribution in [3.63, 3.8) is 0 Å². The topological polar surface area (TPSA) is 101 Å². The first-order valence-corrected chi connectivity index (χ1v) is 8.99. The van der Waals surface area contributed by atoms with Crippen molar-refractivity contribution in [3.8, 4) is 0 Å². The average Bonchev–Trinajstić information content (AvgIpc) is 2.98. The minimum absolute atomic E-state index is 0.0281. The van der Waals surface area contributed by atoms with Crippen molar-refractivity contribution in [2.24, 2.45) is 0 Å². The van der Waals surface area contributed by atoms with Gasteiger partial charge in [0.25, 0.3) is 10.0 Å². The average molecular weight is 353 g/mol. The third-order valence-electron chi connectivity index (χ3n) is 3.07. The molecule has 0 spiro atoms. The Morgan fingerprint density at radius 2 is 1.83 bits per heavy atom. The zero-order valence-corrected chi connectivity index (χ0v) is 13.9. The van der Waals surface area contributed by atoms with Crippen LogP contribution in [0.4, 0.5) is 0 Å². The molecule has 0 aliphatic rings. The number of aliphatic carboxylic acids is 1. The van der Waals surface area contributed by atoms with E-state index in [4.69, 9.17) is 0 Å². The summed E-state index contributed by atoms with van der Waals surface area (Å²) in [6.07, 6.45) is 0.0281. The van der Waals surface area contributed by atoms with E-state index in [9.17, 15) is 23.1 Å². The number of carbonyl (C=O) groups is 2. The molecule has 6 nitrogen and oxygen atoms in total. The van der Waals surface area contributed by atoms with Crippen LogP contribution in [0.15, 0.2) is 46.7 Å². The summed E-state index contributed by atoms with van der Waals surface area (Å²) in [5.74, 6) is -1.50. The van der Waals surface area contributed by atoms with E-state index in [1.54, 1.807) is 30.3 Å². The van der Waals surface area contributed by atoms with Crippen molar-refractivity contribution in [2.45, 2.75) is 23.6 Å². The molecule has 0 bridgehead atoms. The number of carboxylic acids is 1. The molecule has 2 rings (SSSR count). The second-order valence-corrected chi connectivity index (χ2v) is 7.90. The fraction of sp³-hybridized carbons (Fsp3) is 0.200. The zero-order chi connectivity index (χ0) is 17.0. The van der Waals surface area contributed by atoms with Crippen LogP contribution < -0.4 is 4.72 Å². The number of carboxylic acid groups (broad SMARTS) is 1. The van der Waals surface area contributed by atoms with Crippen LogP contribution in [0.3, 0.4) is 0 Å². The molecule has 2 aromatic rings. The van der Waals surface area contributed by atoms with E-state index in [2.05, 4.69) is 4.72 Å². The number of rotatable bonds is 7. The summed E-state index contributed by atoms with van der Waals surface area (Å²) in [7, 11) is -4.00. The van der Waals surface area contributed by atoms with E-state index < -0.39 is 22.0 Å². The van der Waals surface area contributed by atoms with E-state index in [-0.39, 0.29) is 16.4 Å². The molecule has 1 aromatic heterocycles. The Morgan fingerprint density at radius 3 is 2.35 bits per heavy atom. The van der Waals surface area contributed by atoms with Gasteiger partial charge >= 0.3 is 5.97 Å². The molecule has 0 radical (unpaired) electrons. The number of thiophene rings is 1. The van der Waals surface area contributed by atoms with Gasteiger partial charge in [-0.2, -0.15) is 4.72 Å². The van der Waals surface area contributed by atoms with Crippen molar-refractivity contribution >= 4 is 33.1 Å². The number of benzene rings is 1. The largest absolute Gasteiger partial charge is 0.480 e. The number of hydrogen-bond acceptors (Lipinski definition) is 5. The molecule has 2 N–H and O–H groups in total. The third-order valence-corrected chi connectivity index (χ3v) is 6.22. The number of ketones is 1. The van der Waals surface area contributed by atoms with Gasteiger partial charge in [0, 0.05) is 0 Å². The molecule has 0 aliphatic heterocycles. The lowest BCUT2D eigenvalue weighted by atomic mass is 10.1. The minimum atomic E-state index is -4.00. The molecule has 1 atom stereocenters. The maximum atomic E-state index is 12.3. The van der Waals surface area contributed by atoms with Crippen LogP contribution in [-0.4, -0.2) is 31.3 Å². The van der Waals surface area contributed by atoms with Crippen molar-refractivity contribution < 1.29 is 23.1 Å². The Hall–Kier alpha value is -2.03. The summed E-state index contributed by atoms with van der Waals surface area (Å²) >= 11 is 0.815. The first-order valence-electron chi connectivity index (χ1n) is 6.69. The molecule has 1 heterocycles. The SMILES string of the molecule is CC(=O)c1ccc(S(=O)(=O)NC(Cc2ccccc2)C(=O)O)s1. The number of Topliss-reactive ketones (excluding diaryl/α,β-unsaturated/α-hetero) is 1. The van der Waals surface area contributed by atoms with Crippen molar-refractivity contribution in [3.05, 3.63) is 52.9 Å². The fourth-order valence-electron chi connectivity index (χ4n) is 1.93. The van der Waals surface area contributed by atoms with E-state index in [1.165, 1.54) is 19.1 Å². The van der Waals surface area contributed by atoms with Crippen molar-refractivity contribution in [1.82, 2.24) is 4.72 Å². The van der Waals surface area contributed by atoms with Crippen LogP contribution in [0.25, 0.3) is 0 Å². The molecule has 0 amide bonds. The van der Waals surface area contributed by atoms with Crippen LogP contribution in [0.1, 0.15) is 22.2 Å². The Kier molecular flexibility index (Phi) is 5.30. The lowest BCUT2D eigenvalue weighted by molar-refractivity contribution is -0.138. The van der Waals surface area contributed by atoms with Gasteiger partial charge in [0.05, 0.1) is 4.88 Å². The van der Waals surface area contributed by atoms with E-state index in [0.717, 1.165) is 11.3 Å². The van der Waals surface area contributed by atoms with Gasteiger partial charge in [-0.15, -0.1) is 11.3 Å². The smallest absolute Gasteiger partial charge is 0.322 e. The molecule has 0 fully saturated rings. The Morgan fingerprint density at radius 1 is 1.17 bits per heavy atom. The molecular formula is C15H15NO5S2. The quantitative estimate of drug-likeness (QED) is 0.741. The maximum Gasteiger partial charge on any atom is 0.322 e. The van der Waals surface area contributed by atoms with Crippen LogP contribution >= 0.6 is 11.3 Å². The molecule has 1 aromatic carbocycles. The Balaban J connectivity index is 2.21. The van der Waals surface area contributed by atoms with Gasteiger partial charge in [0.2, 0.25) is 0 Å². The van der Waals surface area contributed by atoms with E-state index >= 15 is 0 Å². The lowest BCUT2D eigenvalue weighted by Crippen LogP contribution is -2.42. The molecule has 1 unspecified atom stereocenters. The van der Waals surface area contributed by atoms with E-state index in [1.807, 2.05) is 0 Å². The normalized spacial score (nSPS) is 12.7. The number of nitrogens with one attached hydrogen (secondary N) is 1. The summed E-state index contributed by atoms with van der Waals surface area (Å²) < 4.78 is 26.7. The van der Waals surface area contributed by atoms with Crippen LogP contribution in [-0.2, 0) is 21.2 Å². The van der Waals surface area contributed by atoms with Crippen molar-refractivity contribution in [2.75, 3.05) is 0 Å².